The van der Waals surface area contributed by atoms with Gasteiger partial charge in [-0.3, -0.25) is 9.59 Å². The van der Waals surface area contributed by atoms with E-state index in [9.17, 15) is 9.59 Å². The van der Waals surface area contributed by atoms with Crippen molar-refractivity contribution >= 4 is 12.6 Å². The Morgan fingerprint density at radius 2 is 1.23 bits per heavy atom. The van der Waals surface area contributed by atoms with Crippen molar-refractivity contribution in [3.63, 3.8) is 0 Å². The van der Waals surface area contributed by atoms with E-state index in [2.05, 4.69) is 9.97 Å². The molecule has 0 aliphatic rings. The van der Waals surface area contributed by atoms with Gasteiger partial charge in [-0.25, -0.2) is 4.98 Å². The second kappa shape index (κ2) is 10.2. The van der Waals surface area contributed by atoms with Crippen LogP contribution in [0.5, 0.6) is 23.4 Å². The van der Waals surface area contributed by atoms with Crippen molar-refractivity contribution in [2.75, 3.05) is 14.2 Å². The first kappa shape index (κ1) is 23.6. The molecule has 0 N–H and O–H groups in total. The van der Waals surface area contributed by atoms with E-state index >= 15 is 0 Å². The number of carbonyl (C=O) groups excluding carboxylic acids is 2. The van der Waals surface area contributed by atoms with Gasteiger partial charge in [0.15, 0.2) is 12.6 Å². The molecule has 0 aliphatic heterocycles. The van der Waals surface area contributed by atoms with Crippen molar-refractivity contribution in [2.24, 2.45) is 0 Å². The minimum atomic E-state index is 0.207. The van der Waals surface area contributed by atoms with Gasteiger partial charge in [0.2, 0.25) is 17.6 Å². The SMILES string of the molecule is COc1nc(Oc2cccc(-c3cccc(-c4ccc(C=O)c(OC)n4)c3C)c2C)ccc1C=O. The highest BCUT2D eigenvalue weighted by molar-refractivity contribution is 5.82. The predicted octanol–water partition coefficient (Wildman–Crippen LogP) is 5.86. The van der Waals surface area contributed by atoms with Crippen molar-refractivity contribution in [1.82, 2.24) is 9.97 Å². The Morgan fingerprint density at radius 3 is 1.89 bits per heavy atom. The number of nitrogens with zero attached hydrogens (tertiary/aromatic N) is 2. The van der Waals surface area contributed by atoms with Crippen LogP contribution in [0, 0.1) is 13.8 Å². The number of hydrogen-bond donors (Lipinski definition) is 0. The summed E-state index contributed by atoms with van der Waals surface area (Å²) in [7, 11) is 2.95. The molecule has 7 heteroatoms. The molecular weight excluding hydrogens is 444 g/mol. The molecule has 0 saturated carbocycles. The summed E-state index contributed by atoms with van der Waals surface area (Å²) in [4.78, 5) is 31.2. The molecule has 0 atom stereocenters. The van der Waals surface area contributed by atoms with Crippen molar-refractivity contribution in [1.29, 1.82) is 0 Å². The van der Waals surface area contributed by atoms with E-state index in [1.807, 2.05) is 56.3 Å². The highest BCUT2D eigenvalue weighted by atomic mass is 16.5. The fourth-order valence-electron chi connectivity index (χ4n) is 3.93. The first-order valence-electron chi connectivity index (χ1n) is 10.9. The number of aromatic nitrogens is 2. The molecule has 0 radical (unpaired) electrons. The summed E-state index contributed by atoms with van der Waals surface area (Å²) in [5.41, 5.74) is 6.36. The summed E-state index contributed by atoms with van der Waals surface area (Å²) >= 11 is 0. The van der Waals surface area contributed by atoms with Gasteiger partial charge < -0.3 is 14.2 Å². The molecule has 0 aliphatic carbocycles. The number of benzene rings is 2. The molecule has 2 aromatic heterocycles. The molecule has 0 amide bonds. The van der Waals surface area contributed by atoms with Crippen LogP contribution in [0.2, 0.25) is 0 Å². The lowest BCUT2D eigenvalue weighted by Crippen LogP contribution is -1.99. The molecule has 4 rings (SSSR count). The zero-order chi connectivity index (χ0) is 24.9. The fraction of sp³-hybridized carbons (Fsp3) is 0.143. The summed E-state index contributed by atoms with van der Waals surface area (Å²) in [6, 6.07) is 18.6. The van der Waals surface area contributed by atoms with Gasteiger partial charge in [-0.15, -0.1) is 0 Å². The second-order valence-electron chi connectivity index (χ2n) is 7.79. The molecule has 0 bridgehead atoms. The van der Waals surface area contributed by atoms with Gasteiger partial charge in [0.1, 0.15) is 5.75 Å². The van der Waals surface area contributed by atoms with E-state index in [4.69, 9.17) is 14.2 Å². The Balaban J connectivity index is 1.74. The van der Waals surface area contributed by atoms with Gasteiger partial charge in [0.25, 0.3) is 0 Å². The fourth-order valence-corrected chi connectivity index (χ4v) is 3.93. The van der Waals surface area contributed by atoms with Crippen molar-refractivity contribution in [2.45, 2.75) is 13.8 Å². The van der Waals surface area contributed by atoms with Crippen LogP contribution in [0.25, 0.3) is 22.4 Å². The van der Waals surface area contributed by atoms with Gasteiger partial charge in [-0.1, -0.05) is 30.3 Å². The normalized spacial score (nSPS) is 10.5. The third-order valence-corrected chi connectivity index (χ3v) is 5.79. The first-order valence-corrected chi connectivity index (χ1v) is 10.9. The molecule has 0 unspecified atom stereocenters. The molecule has 4 aromatic rings. The lowest BCUT2D eigenvalue weighted by atomic mass is 9.92. The number of rotatable bonds is 8. The minimum Gasteiger partial charge on any atom is -0.480 e. The average molecular weight is 469 g/mol. The summed E-state index contributed by atoms with van der Waals surface area (Å²) < 4.78 is 16.5. The molecule has 2 aromatic carbocycles. The molecule has 0 spiro atoms. The zero-order valence-corrected chi connectivity index (χ0v) is 19.9. The van der Waals surface area contributed by atoms with Crippen LogP contribution in [0.4, 0.5) is 0 Å². The van der Waals surface area contributed by atoms with Gasteiger partial charge >= 0.3 is 0 Å². The third-order valence-electron chi connectivity index (χ3n) is 5.79. The summed E-state index contributed by atoms with van der Waals surface area (Å²) in [5, 5.41) is 0. The molecule has 35 heavy (non-hydrogen) atoms. The molecule has 2 heterocycles. The zero-order valence-electron chi connectivity index (χ0n) is 19.9. The second-order valence-corrected chi connectivity index (χ2v) is 7.79. The minimum absolute atomic E-state index is 0.207. The number of aldehydes is 2. The molecule has 176 valence electrons. The van der Waals surface area contributed by atoms with Gasteiger partial charge in [0.05, 0.1) is 31.0 Å². The third kappa shape index (κ3) is 4.61. The first-order chi connectivity index (χ1) is 17.0. The summed E-state index contributed by atoms with van der Waals surface area (Å²) in [5.74, 6) is 1.45. The number of carbonyl (C=O) groups is 2. The number of hydrogen-bond acceptors (Lipinski definition) is 7. The molecule has 0 fully saturated rings. The molecule has 0 saturated heterocycles. The van der Waals surface area contributed by atoms with Crippen molar-refractivity contribution < 1.29 is 23.8 Å². The molecular formula is C28H24N2O5. The van der Waals surface area contributed by atoms with E-state index in [-0.39, 0.29) is 11.8 Å². The maximum Gasteiger partial charge on any atom is 0.227 e. The van der Waals surface area contributed by atoms with Crippen molar-refractivity contribution in [3.05, 3.63) is 82.9 Å². The Hall–Kier alpha value is -4.52. The van der Waals surface area contributed by atoms with Crippen LogP contribution in [0.3, 0.4) is 0 Å². The number of pyridine rings is 2. The van der Waals surface area contributed by atoms with Crippen LogP contribution in [-0.4, -0.2) is 36.8 Å². The Morgan fingerprint density at radius 1 is 0.657 bits per heavy atom. The highest BCUT2D eigenvalue weighted by Gasteiger charge is 2.16. The number of methoxy groups -OCH3 is 2. The highest BCUT2D eigenvalue weighted by Crippen LogP contribution is 2.37. The van der Waals surface area contributed by atoms with Crippen LogP contribution < -0.4 is 14.2 Å². The predicted molar refractivity (Wildman–Crippen MR) is 133 cm³/mol. The monoisotopic (exact) mass is 468 g/mol. The number of ether oxygens (including phenoxy) is 3. The van der Waals surface area contributed by atoms with Crippen molar-refractivity contribution in [3.8, 4) is 45.8 Å². The van der Waals surface area contributed by atoms with Crippen LogP contribution in [-0.2, 0) is 0 Å². The smallest absolute Gasteiger partial charge is 0.227 e. The van der Waals surface area contributed by atoms with E-state index in [1.54, 1.807) is 18.2 Å². The van der Waals surface area contributed by atoms with Gasteiger partial charge in [-0.2, -0.15) is 4.98 Å². The maximum atomic E-state index is 11.2. The van der Waals surface area contributed by atoms with Gasteiger partial charge in [0, 0.05) is 11.6 Å². The summed E-state index contributed by atoms with van der Waals surface area (Å²) in [6.07, 6.45) is 1.42. The van der Waals surface area contributed by atoms with E-state index in [0.29, 0.717) is 34.7 Å². The Labute approximate surface area is 203 Å². The Kier molecular flexibility index (Phi) is 6.87. The lowest BCUT2D eigenvalue weighted by molar-refractivity contribution is 0.111. The van der Waals surface area contributed by atoms with E-state index < -0.39 is 0 Å². The standard InChI is InChI=1S/C28H24N2O5/c1-17-21(7-5-9-23(17)24-13-11-19(15-31)27(29-24)33-3)22-8-6-10-25(18(22)2)35-26-14-12-20(16-32)28(30-26)34-4/h5-16H,1-4H3. The van der Waals surface area contributed by atoms with Gasteiger partial charge in [-0.05, 0) is 60.4 Å². The topological polar surface area (TPSA) is 87.6 Å². The quantitative estimate of drug-likeness (QED) is 0.299. The maximum absolute atomic E-state index is 11.2. The van der Waals surface area contributed by atoms with Crippen LogP contribution in [0.1, 0.15) is 31.8 Å². The summed E-state index contributed by atoms with van der Waals surface area (Å²) in [6.45, 7) is 4.01. The van der Waals surface area contributed by atoms with Crippen LogP contribution in [0.15, 0.2) is 60.7 Å². The average Bonchev–Trinajstić information content (AvgIpc) is 2.89. The van der Waals surface area contributed by atoms with E-state index in [1.165, 1.54) is 14.2 Å². The van der Waals surface area contributed by atoms with Crippen LogP contribution >= 0.6 is 0 Å². The Bertz CT molecular complexity index is 1410. The van der Waals surface area contributed by atoms with E-state index in [0.717, 1.165) is 34.1 Å². The largest absolute Gasteiger partial charge is 0.480 e. The molecule has 7 nitrogen and oxygen atoms in total. The lowest BCUT2D eigenvalue weighted by Gasteiger charge is -2.16.